The van der Waals surface area contributed by atoms with Crippen molar-refractivity contribution in [1.82, 2.24) is 0 Å². The molecule has 0 aliphatic heterocycles. The maximum Gasteiger partial charge on any atom is 0.509 e. The predicted molar refractivity (Wildman–Crippen MR) is 93.7 cm³/mol. The Balaban J connectivity index is 4.01. The van der Waals surface area contributed by atoms with Crippen LogP contribution in [0.1, 0.15) is 61.8 Å². The lowest BCUT2D eigenvalue weighted by Crippen LogP contribution is -2.29. The molecule has 2 unspecified atom stereocenters. The zero-order chi connectivity index (χ0) is 20.5. The highest BCUT2D eigenvalue weighted by atomic mass is 16.8. The first kappa shape index (κ1) is 24.0. The van der Waals surface area contributed by atoms with Gasteiger partial charge in [0.25, 0.3) is 0 Å². The van der Waals surface area contributed by atoms with Crippen LogP contribution in [-0.2, 0) is 28.5 Å². The minimum atomic E-state index is -0.941. The van der Waals surface area contributed by atoms with Crippen LogP contribution >= 0.6 is 0 Å². The summed E-state index contributed by atoms with van der Waals surface area (Å²) in [4.78, 5) is 34.7. The fourth-order valence-corrected chi connectivity index (χ4v) is 1.62. The molecule has 26 heavy (non-hydrogen) atoms. The van der Waals surface area contributed by atoms with Crippen molar-refractivity contribution in [1.29, 1.82) is 0 Å². The van der Waals surface area contributed by atoms with E-state index in [1.165, 1.54) is 0 Å². The van der Waals surface area contributed by atoms with Crippen LogP contribution in [0.5, 0.6) is 0 Å². The van der Waals surface area contributed by atoms with Crippen LogP contribution in [0.15, 0.2) is 0 Å². The third-order valence-corrected chi connectivity index (χ3v) is 2.57. The Labute approximate surface area is 155 Å². The second-order valence-corrected chi connectivity index (χ2v) is 8.30. The predicted octanol–water partition coefficient (Wildman–Crippen LogP) is 3.85. The van der Waals surface area contributed by atoms with E-state index >= 15 is 0 Å². The number of carbonyl (C=O) groups excluding carboxylic acids is 3. The van der Waals surface area contributed by atoms with Crippen molar-refractivity contribution >= 4 is 18.3 Å². The number of rotatable bonds is 7. The van der Waals surface area contributed by atoms with E-state index in [2.05, 4.69) is 0 Å². The molecule has 0 fully saturated rings. The third kappa shape index (κ3) is 14.4. The lowest BCUT2D eigenvalue weighted by Gasteiger charge is -2.21. The zero-order valence-electron chi connectivity index (χ0n) is 17.0. The van der Waals surface area contributed by atoms with Crippen molar-refractivity contribution < 1.29 is 38.1 Å². The minimum Gasteiger partial charge on any atom is -0.459 e. The van der Waals surface area contributed by atoms with Crippen LogP contribution < -0.4 is 0 Å². The zero-order valence-corrected chi connectivity index (χ0v) is 17.0. The Morgan fingerprint density at radius 2 is 1.23 bits per heavy atom. The molecule has 0 N–H and O–H groups in total. The molecule has 8 nitrogen and oxygen atoms in total. The molecule has 0 saturated heterocycles. The van der Waals surface area contributed by atoms with Crippen LogP contribution in [0.2, 0.25) is 0 Å². The molecule has 8 heteroatoms. The highest BCUT2D eigenvalue weighted by molar-refractivity contribution is 5.70. The van der Waals surface area contributed by atoms with Crippen molar-refractivity contribution in [3.8, 4) is 0 Å². The third-order valence-electron chi connectivity index (χ3n) is 2.57. The summed E-state index contributed by atoms with van der Waals surface area (Å²) in [6.45, 7) is 13.8. The molecule has 0 saturated carbocycles. The second kappa shape index (κ2) is 10.2. The topological polar surface area (TPSA) is 97.4 Å². The highest BCUT2D eigenvalue weighted by Gasteiger charge is 2.22. The largest absolute Gasteiger partial charge is 0.509 e. The number of hydrogen-bond acceptors (Lipinski definition) is 8. The minimum absolute atomic E-state index is 0.129. The van der Waals surface area contributed by atoms with E-state index in [-0.39, 0.29) is 31.0 Å². The van der Waals surface area contributed by atoms with Gasteiger partial charge in [-0.2, -0.15) is 0 Å². The number of esters is 1. The summed E-state index contributed by atoms with van der Waals surface area (Å²) >= 11 is 0. The smallest absolute Gasteiger partial charge is 0.459 e. The highest BCUT2D eigenvalue weighted by Crippen LogP contribution is 2.19. The van der Waals surface area contributed by atoms with E-state index in [4.69, 9.17) is 23.7 Å². The van der Waals surface area contributed by atoms with E-state index in [0.29, 0.717) is 0 Å². The van der Waals surface area contributed by atoms with Gasteiger partial charge in [-0.25, -0.2) is 9.59 Å². The molecule has 0 aromatic carbocycles. The van der Waals surface area contributed by atoms with Gasteiger partial charge in [-0.3, -0.25) is 4.79 Å². The first-order valence-electron chi connectivity index (χ1n) is 8.56. The van der Waals surface area contributed by atoms with Crippen molar-refractivity contribution in [2.75, 3.05) is 13.2 Å². The Kier molecular flexibility index (Phi) is 9.45. The van der Waals surface area contributed by atoms with E-state index < -0.39 is 30.1 Å². The Bertz CT molecular complexity index is 431. The first-order chi connectivity index (χ1) is 11.7. The summed E-state index contributed by atoms with van der Waals surface area (Å²) in [5.41, 5.74) is -0.849. The average molecular weight is 376 g/mol. The molecule has 0 aromatic rings. The molecular formula is C18H32O8. The maximum absolute atomic E-state index is 11.7. The van der Waals surface area contributed by atoms with Crippen LogP contribution in [-0.4, -0.2) is 49.3 Å². The van der Waals surface area contributed by atoms with Gasteiger partial charge in [-0.1, -0.05) is 20.8 Å². The molecule has 0 aromatic heterocycles. The standard InChI is InChI=1S/C18H32O8/c1-12(24-14(19)9-17(3,4)5)10-22-15(20)23-11-13(2)25-16(21)26-18(6,7)8/h12-13H,9-11H2,1-8H3. The van der Waals surface area contributed by atoms with Crippen LogP contribution in [0, 0.1) is 5.41 Å². The fourth-order valence-electron chi connectivity index (χ4n) is 1.62. The summed E-state index contributed by atoms with van der Waals surface area (Å²) in [6.07, 6.45) is -2.81. The quantitative estimate of drug-likeness (QED) is 0.488. The van der Waals surface area contributed by atoms with Gasteiger partial charge in [0.2, 0.25) is 0 Å². The van der Waals surface area contributed by atoms with Crippen LogP contribution in [0.25, 0.3) is 0 Å². The van der Waals surface area contributed by atoms with Gasteiger partial charge < -0.3 is 23.7 Å². The summed E-state index contributed by atoms with van der Waals surface area (Å²) < 4.78 is 24.8. The van der Waals surface area contributed by atoms with Crippen molar-refractivity contribution in [3.63, 3.8) is 0 Å². The second-order valence-electron chi connectivity index (χ2n) is 8.30. The lowest BCUT2D eigenvalue weighted by atomic mass is 9.92. The fraction of sp³-hybridized carbons (Fsp3) is 0.833. The van der Waals surface area contributed by atoms with Gasteiger partial charge in [0.05, 0.1) is 6.42 Å². The van der Waals surface area contributed by atoms with Crippen molar-refractivity contribution in [2.24, 2.45) is 5.41 Å². The number of carbonyl (C=O) groups is 3. The summed E-state index contributed by atoms with van der Waals surface area (Å²) in [5.74, 6) is -0.360. The molecule has 0 heterocycles. The maximum atomic E-state index is 11.7. The average Bonchev–Trinajstić information content (AvgIpc) is 2.38. The van der Waals surface area contributed by atoms with Gasteiger partial charge >= 0.3 is 18.3 Å². The Morgan fingerprint density at radius 1 is 0.769 bits per heavy atom. The monoisotopic (exact) mass is 376 g/mol. The van der Waals surface area contributed by atoms with E-state index in [0.717, 1.165) is 0 Å². The molecule has 0 spiro atoms. The first-order valence-corrected chi connectivity index (χ1v) is 8.56. The molecule has 0 bridgehead atoms. The van der Waals surface area contributed by atoms with Gasteiger partial charge in [0.1, 0.15) is 31.0 Å². The van der Waals surface area contributed by atoms with E-state index in [1.807, 2.05) is 20.8 Å². The van der Waals surface area contributed by atoms with Crippen molar-refractivity contribution in [2.45, 2.75) is 79.6 Å². The molecular weight excluding hydrogens is 344 g/mol. The van der Waals surface area contributed by atoms with Gasteiger partial charge in [-0.05, 0) is 40.0 Å². The molecule has 0 amide bonds. The van der Waals surface area contributed by atoms with Gasteiger partial charge in [0.15, 0.2) is 0 Å². The molecule has 0 rings (SSSR count). The Morgan fingerprint density at radius 3 is 1.65 bits per heavy atom. The normalized spacial score (nSPS) is 14.0. The van der Waals surface area contributed by atoms with Crippen molar-refractivity contribution in [3.05, 3.63) is 0 Å². The SMILES string of the molecule is CC(COC(=O)OCC(C)OC(=O)OC(C)(C)C)OC(=O)CC(C)(C)C. The lowest BCUT2D eigenvalue weighted by molar-refractivity contribution is -0.152. The molecule has 0 aliphatic carbocycles. The van der Waals surface area contributed by atoms with Gasteiger partial charge in [0, 0.05) is 0 Å². The van der Waals surface area contributed by atoms with Crippen LogP contribution in [0.4, 0.5) is 9.59 Å². The summed E-state index contributed by atoms with van der Waals surface area (Å²) in [5, 5.41) is 0. The summed E-state index contributed by atoms with van der Waals surface area (Å²) in [6, 6.07) is 0. The van der Waals surface area contributed by atoms with Gasteiger partial charge in [-0.15, -0.1) is 0 Å². The molecule has 152 valence electrons. The Hall–Kier alpha value is -1.99. The molecule has 2 atom stereocenters. The molecule has 0 aliphatic rings. The van der Waals surface area contributed by atoms with Crippen LogP contribution in [0.3, 0.4) is 0 Å². The summed E-state index contributed by atoms with van der Waals surface area (Å²) in [7, 11) is 0. The number of hydrogen-bond donors (Lipinski definition) is 0. The molecule has 0 radical (unpaired) electrons. The number of ether oxygens (including phenoxy) is 5. The van der Waals surface area contributed by atoms with E-state index in [1.54, 1.807) is 34.6 Å². The van der Waals surface area contributed by atoms with E-state index in [9.17, 15) is 14.4 Å².